The summed E-state index contributed by atoms with van der Waals surface area (Å²) in [5, 5.41) is 0. The van der Waals surface area contributed by atoms with Gasteiger partial charge in [-0.2, -0.15) is 0 Å². The van der Waals surface area contributed by atoms with Crippen LogP contribution in [0.4, 0.5) is 4.79 Å². The maximum Gasteiger partial charge on any atom is 0.508 e. The van der Waals surface area contributed by atoms with Gasteiger partial charge < -0.3 is 9.47 Å². The van der Waals surface area contributed by atoms with Gasteiger partial charge in [-0.1, -0.05) is 60.6 Å². The van der Waals surface area contributed by atoms with Gasteiger partial charge in [0.05, 0.1) is 6.61 Å². The zero-order valence-electron chi connectivity index (χ0n) is 16.7. The van der Waals surface area contributed by atoms with Crippen molar-refractivity contribution in [1.82, 2.24) is 0 Å². The normalized spacial score (nSPS) is 15.7. The average Bonchev–Trinajstić information content (AvgIpc) is 2.30. The van der Waals surface area contributed by atoms with Crippen LogP contribution in [0.1, 0.15) is 75.2 Å². The largest absolute Gasteiger partial charge is 0.508 e. The molecule has 0 spiro atoms. The molecule has 0 rings (SSSR count). The van der Waals surface area contributed by atoms with Crippen LogP contribution < -0.4 is 0 Å². The summed E-state index contributed by atoms with van der Waals surface area (Å²) in [6, 6.07) is 0. The highest BCUT2D eigenvalue weighted by Crippen LogP contribution is 2.26. The lowest BCUT2D eigenvalue weighted by Gasteiger charge is -2.27. The zero-order chi connectivity index (χ0) is 18.3. The van der Waals surface area contributed by atoms with Gasteiger partial charge in [-0.15, -0.1) is 0 Å². The molecule has 0 aliphatic carbocycles. The molecule has 2 atom stereocenters. The van der Waals surface area contributed by atoms with E-state index in [4.69, 9.17) is 9.47 Å². The van der Waals surface area contributed by atoms with E-state index in [-0.39, 0.29) is 0 Å². The van der Waals surface area contributed by atoms with Crippen molar-refractivity contribution in [1.29, 1.82) is 0 Å². The molecule has 0 aromatic rings. The van der Waals surface area contributed by atoms with Gasteiger partial charge in [-0.3, -0.25) is 0 Å². The van der Waals surface area contributed by atoms with Gasteiger partial charge in [0, 0.05) is 0 Å². The average molecular weight is 327 g/mol. The molecular weight excluding hydrogens is 288 g/mol. The Morgan fingerprint density at radius 3 is 1.83 bits per heavy atom. The molecule has 23 heavy (non-hydrogen) atoms. The van der Waals surface area contributed by atoms with Crippen molar-refractivity contribution >= 4 is 6.16 Å². The van der Waals surface area contributed by atoms with E-state index in [2.05, 4.69) is 46.8 Å². The van der Waals surface area contributed by atoms with Crippen molar-refractivity contribution in [2.75, 3.05) is 6.61 Å². The van der Waals surface area contributed by atoms with Crippen molar-refractivity contribution < 1.29 is 14.3 Å². The molecule has 3 heteroatoms. The van der Waals surface area contributed by atoms with E-state index in [9.17, 15) is 4.79 Å². The van der Waals surface area contributed by atoms with E-state index < -0.39 is 11.8 Å². The molecule has 0 aromatic carbocycles. The van der Waals surface area contributed by atoms with Crippen LogP contribution in [0.3, 0.4) is 0 Å². The Bertz CT molecular complexity index is 375. The molecule has 0 saturated heterocycles. The Kier molecular flexibility index (Phi) is 8.94. The summed E-state index contributed by atoms with van der Waals surface area (Å²) < 4.78 is 10.5. The van der Waals surface area contributed by atoms with Gasteiger partial charge in [0.2, 0.25) is 0 Å². The third kappa shape index (κ3) is 13.2. The third-order valence-corrected chi connectivity index (χ3v) is 3.41. The van der Waals surface area contributed by atoms with Crippen LogP contribution in [0.5, 0.6) is 0 Å². The molecular formula is C20H38O3. The van der Waals surface area contributed by atoms with Crippen molar-refractivity contribution in [3.8, 4) is 0 Å². The minimum atomic E-state index is -0.569. The second-order valence-corrected chi connectivity index (χ2v) is 9.12. The summed E-state index contributed by atoms with van der Waals surface area (Å²) in [4.78, 5) is 11.7. The Labute approximate surface area is 143 Å². The van der Waals surface area contributed by atoms with Crippen LogP contribution in [0.2, 0.25) is 0 Å². The van der Waals surface area contributed by atoms with E-state index in [1.807, 2.05) is 27.7 Å². The monoisotopic (exact) mass is 326 g/mol. The van der Waals surface area contributed by atoms with Crippen LogP contribution in [0.15, 0.2) is 12.2 Å². The predicted molar refractivity (Wildman–Crippen MR) is 97.5 cm³/mol. The number of carbonyl (C=O) groups excluding carboxylic acids is 1. The highest BCUT2D eigenvalue weighted by Gasteiger charge is 2.26. The van der Waals surface area contributed by atoms with Crippen LogP contribution in [0.25, 0.3) is 0 Å². The van der Waals surface area contributed by atoms with Gasteiger partial charge in [0.15, 0.2) is 0 Å². The minimum Gasteiger partial charge on any atom is -0.434 e. The van der Waals surface area contributed by atoms with Crippen LogP contribution in [-0.2, 0) is 9.47 Å². The standard InChI is InChI=1S/C20H38O3/c1-15(2)14-22-18(21)23-20(8,9)13-17(4)11-10-16(3)12-19(5,6)7/h10-11,15-17H,12-14H2,1-9H3/b11-10-. The molecule has 136 valence electrons. The molecule has 0 fully saturated rings. The van der Waals surface area contributed by atoms with Crippen LogP contribution in [0, 0.1) is 23.2 Å². The van der Waals surface area contributed by atoms with Gasteiger partial charge in [-0.05, 0) is 49.9 Å². The van der Waals surface area contributed by atoms with E-state index >= 15 is 0 Å². The maximum atomic E-state index is 11.7. The summed E-state index contributed by atoms with van der Waals surface area (Å²) in [7, 11) is 0. The molecule has 2 unspecified atom stereocenters. The first-order valence-electron chi connectivity index (χ1n) is 8.85. The summed E-state index contributed by atoms with van der Waals surface area (Å²) in [6.07, 6.45) is 5.89. The molecule has 0 radical (unpaired) electrons. The molecule has 0 N–H and O–H groups in total. The van der Waals surface area contributed by atoms with E-state index in [0.29, 0.717) is 29.8 Å². The number of carbonyl (C=O) groups is 1. The molecule has 0 aromatic heterocycles. The van der Waals surface area contributed by atoms with Crippen molar-refractivity contribution in [2.24, 2.45) is 23.2 Å². The van der Waals surface area contributed by atoms with E-state index in [1.165, 1.54) is 0 Å². The fraction of sp³-hybridized carbons (Fsp3) is 0.850. The summed E-state index contributed by atoms with van der Waals surface area (Å²) in [5.41, 5.74) is -0.180. The predicted octanol–water partition coefficient (Wildman–Crippen LogP) is 6.23. The van der Waals surface area contributed by atoms with Gasteiger partial charge >= 0.3 is 6.16 Å². The first kappa shape index (κ1) is 22.0. The topological polar surface area (TPSA) is 35.5 Å². The first-order chi connectivity index (χ1) is 10.3. The second kappa shape index (κ2) is 9.34. The highest BCUT2D eigenvalue weighted by molar-refractivity contribution is 5.60. The van der Waals surface area contributed by atoms with E-state index in [0.717, 1.165) is 12.8 Å². The molecule has 0 aliphatic heterocycles. The number of rotatable bonds is 8. The molecule has 0 saturated carbocycles. The Morgan fingerprint density at radius 1 is 0.913 bits per heavy atom. The zero-order valence-corrected chi connectivity index (χ0v) is 16.7. The molecule has 0 amide bonds. The smallest absolute Gasteiger partial charge is 0.434 e. The van der Waals surface area contributed by atoms with Crippen molar-refractivity contribution in [3.05, 3.63) is 12.2 Å². The lowest BCUT2D eigenvalue weighted by Crippen LogP contribution is -2.30. The van der Waals surface area contributed by atoms with Gasteiger partial charge in [0.25, 0.3) is 0 Å². The minimum absolute atomic E-state index is 0.317. The quantitative estimate of drug-likeness (QED) is 0.392. The number of ether oxygens (including phenoxy) is 2. The number of allylic oxidation sites excluding steroid dienone is 2. The molecule has 0 aliphatic rings. The summed E-state index contributed by atoms with van der Waals surface area (Å²) >= 11 is 0. The fourth-order valence-electron chi connectivity index (χ4n) is 2.79. The SMILES string of the molecule is CC(C)COC(=O)OC(C)(C)CC(C)/C=C\C(C)CC(C)(C)C. The van der Waals surface area contributed by atoms with E-state index in [1.54, 1.807) is 0 Å². The Morgan fingerprint density at radius 2 is 1.39 bits per heavy atom. The second-order valence-electron chi connectivity index (χ2n) is 9.12. The number of hydrogen-bond donors (Lipinski definition) is 0. The fourth-order valence-corrected chi connectivity index (χ4v) is 2.79. The molecule has 0 heterocycles. The maximum absolute atomic E-state index is 11.7. The van der Waals surface area contributed by atoms with Crippen LogP contribution >= 0.6 is 0 Å². The first-order valence-corrected chi connectivity index (χ1v) is 8.85. The van der Waals surface area contributed by atoms with Crippen molar-refractivity contribution in [2.45, 2.75) is 80.8 Å². The van der Waals surface area contributed by atoms with Gasteiger partial charge in [0.1, 0.15) is 5.60 Å². The lowest BCUT2D eigenvalue weighted by molar-refractivity contribution is -0.0278. The lowest BCUT2D eigenvalue weighted by atomic mass is 9.84. The van der Waals surface area contributed by atoms with Gasteiger partial charge in [-0.25, -0.2) is 4.79 Å². The Hall–Kier alpha value is -0.990. The third-order valence-electron chi connectivity index (χ3n) is 3.41. The summed E-state index contributed by atoms with van der Waals surface area (Å²) in [5.74, 6) is 1.22. The Balaban J connectivity index is 4.34. The highest BCUT2D eigenvalue weighted by atomic mass is 16.7. The number of hydrogen-bond acceptors (Lipinski definition) is 3. The molecule has 0 bridgehead atoms. The molecule has 3 nitrogen and oxygen atoms in total. The van der Waals surface area contributed by atoms with Crippen LogP contribution in [-0.4, -0.2) is 18.4 Å². The van der Waals surface area contributed by atoms with Crippen molar-refractivity contribution in [3.63, 3.8) is 0 Å². The summed E-state index contributed by atoms with van der Waals surface area (Å²) in [6.45, 7) is 19.5.